The molecule has 1 saturated heterocycles. The van der Waals surface area contributed by atoms with E-state index in [9.17, 15) is 0 Å². The van der Waals surface area contributed by atoms with Gasteiger partial charge < -0.3 is 20.3 Å². The highest BCUT2D eigenvalue weighted by Crippen LogP contribution is 2.16. The highest BCUT2D eigenvalue weighted by molar-refractivity contribution is 6.30. The topological polar surface area (TPSA) is 77.9 Å². The van der Waals surface area contributed by atoms with Gasteiger partial charge in [-0.15, -0.1) is 0 Å². The van der Waals surface area contributed by atoms with E-state index < -0.39 is 0 Å². The lowest BCUT2D eigenvalue weighted by molar-refractivity contribution is 0.223. The molecule has 2 heterocycles. The van der Waals surface area contributed by atoms with Gasteiger partial charge in [-0.3, -0.25) is 9.89 Å². The molecule has 1 aromatic carbocycles. The first kappa shape index (κ1) is 23.1. The number of aliphatic imine (C=N–C) groups is 1. The van der Waals surface area contributed by atoms with Gasteiger partial charge >= 0.3 is 0 Å². The molecule has 0 radical (unpaired) electrons. The van der Waals surface area contributed by atoms with Crippen LogP contribution in [0.2, 0.25) is 5.02 Å². The van der Waals surface area contributed by atoms with Gasteiger partial charge in [0.2, 0.25) is 5.95 Å². The molecule has 9 heteroatoms. The molecule has 0 aliphatic carbocycles. The van der Waals surface area contributed by atoms with Gasteiger partial charge in [0.05, 0.1) is 6.54 Å². The van der Waals surface area contributed by atoms with Crippen LogP contribution in [0.5, 0.6) is 5.75 Å². The first-order valence-electron chi connectivity index (χ1n) is 10.7. The van der Waals surface area contributed by atoms with Gasteiger partial charge in [-0.05, 0) is 50.2 Å². The van der Waals surface area contributed by atoms with Gasteiger partial charge in [0.25, 0.3) is 0 Å². The third kappa shape index (κ3) is 7.88. The van der Waals surface area contributed by atoms with Crippen molar-refractivity contribution in [1.82, 2.24) is 25.5 Å². The van der Waals surface area contributed by atoms with E-state index in [1.165, 1.54) is 0 Å². The zero-order chi connectivity index (χ0) is 21.9. The maximum absolute atomic E-state index is 5.91. The van der Waals surface area contributed by atoms with Gasteiger partial charge in [0.1, 0.15) is 11.9 Å². The lowest BCUT2D eigenvalue weighted by atomic mass is 10.3. The van der Waals surface area contributed by atoms with Crippen LogP contribution in [0.4, 0.5) is 5.95 Å². The average Bonchev–Trinajstić information content (AvgIpc) is 2.81. The second kappa shape index (κ2) is 12.3. The minimum atomic E-state index is 0.00427. The maximum atomic E-state index is 5.91. The molecule has 1 aliphatic heterocycles. The number of nitrogens with one attached hydrogen (secondary N) is 2. The molecule has 0 bridgehead atoms. The Hall–Kier alpha value is -2.58. The third-order valence-corrected chi connectivity index (χ3v) is 5.33. The van der Waals surface area contributed by atoms with Crippen molar-refractivity contribution in [1.29, 1.82) is 0 Å². The van der Waals surface area contributed by atoms with Crippen molar-refractivity contribution < 1.29 is 4.74 Å². The second-order valence-corrected chi connectivity index (χ2v) is 7.93. The van der Waals surface area contributed by atoms with Crippen LogP contribution >= 0.6 is 11.6 Å². The quantitative estimate of drug-likeness (QED) is 0.348. The van der Waals surface area contributed by atoms with E-state index in [2.05, 4.69) is 35.4 Å². The van der Waals surface area contributed by atoms with Crippen molar-refractivity contribution in [2.24, 2.45) is 4.99 Å². The Morgan fingerprint density at radius 1 is 1.13 bits per heavy atom. The zero-order valence-electron chi connectivity index (χ0n) is 18.3. The Kier molecular flexibility index (Phi) is 9.17. The van der Waals surface area contributed by atoms with E-state index >= 15 is 0 Å². The number of aromatic nitrogens is 2. The van der Waals surface area contributed by atoms with Crippen LogP contribution in [0.3, 0.4) is 0 Å². The molecule has 1 unspecified atom stereocenters. The summed E-state index contributed by atoms with van der Waals surface area (Å²) in [6, 6.07) is 9.25. The summed E-state index contributed by atoms with van der Waals surface area (Å²) in [7, 11) is 1.78. The van der Waals surface area contributed by atoms with Crippen LogP contribution in [0.25, 0.3) is 0 Å². The van der Waals surface area contributed by atoms with Gasteiger partial charge in [0.15, 0.2) is 5.96 Å². The van der Waals surface area contributed by atoms with Crippen molar-refractivity contribution in [3.8, 4) is 5.75 Å². The van der Waals surface area contributed by atoms with E-state index in [4.69, 9.17) is 16.3 Å². The monoisotopic (exact) mass is 445 g/mol. The Morgan fingerprint density at radius 2 is 1.84 bits per heavy atom. The summed E-state index contributed by atoms with van der Waals surface area (Å²) in [4.78, 5) is 17.7. The summed E-state index contributed by atoms with van der Waals surface area (Å²) in [5, 5.41) is 7.40. The number of nitrogens with zero attached hydrogens (tertiary/aromatic N) is 5. The number of anilines is 1. The van der Waals surface area contributed by atoms with E-state index in [0.29, 0.717) is 11.6 Å². The lowest BCUT2D eigenvalue weighted by Crippen LogP contribution is -2.48. The minimum absolute atomic E-state index is 0.00427. The zero-order valence-corrected chi connectivity index (χ0v) is 19.1. The summed E-state index contributed by atoms with van der Waals surface area (Å²) in [5.41, 5.74) is 0. The Bertz CT molecular complexity index is 795. The Balaban J connectivity index is 1.27. The fraction of sp³-hybridized carbons (Fsp3) is 0.500. The van der Waals surface area contributed by atoms with Crippen LogP contribution in [0.1, 0.15) is 13.3 Å². The smallest absolute Gasteiger partial charge is 0.225 e. The number of ether oxygens (including phenoxy) is 1. The second-order valence-electron chi connectivity index (χ2n) is 7.49. The van der Waals surface area contributed by atoms with E-state index in [1.54, 1.807) is 19.4 Å². The van der Waals surface area contributed by atoms with E-state index in [-0.39, 0.29) is 6.10 Å². The first-order chi connectivity index (χ1) is 15.1. The summed E-state index contributed by atoms with van der Waals surface area (Å²) in [5.74, 6) is 2.42. The molecule has 1 fully saturated rings. The predicted octanol–water partition coefficient (Wildman–Crippen LogP) is 2.27. The van der Waals surface area contributed by atoms with Crippen LogP contribution in [-0.2, 0) is 0 Å². The molecular weight excluding hydrogens is 414 g/mol. The SMILES string of the molecule is CN=C(NCCCN1CCN(c2ncccn2)CC1)NCC(C)Oc1ccc(Cl)cc1. The minimum Gasteiger partial charge on any atom is -0.489 e. The fourth-order valence-corrected chi connectivity index (χ4v) is 3.51. The molecule has 31 heavy (non-hydrogen) atoms. The number of rotatable bonds is 9. The van der Waals surface area contributed by atoms with Crippen LogP contribution < -0.4 is 20.3 Å². The number of halogens is 1. The molecule has 0 saturated carbocycles. The van der Waals surface area contributed by atoms with E-state index in [1.807, 2.05) is 37.3 Å². The van der Waals surface area contributed by atoms with Crippen molar-refractivity contribution in [3.63, 3.8) is 0 Å². The first-order valence-corrected chi connectivity index (χ1v) is 11.1. The molecule has 1 aliphatic rings. The molecule has 8 nitrogen and oxygen atoms in total. The van der Waals surface area contributed by atoms with Crippen molar-refractivity contribution >= 4 is 23.5 Å². The molecule has 3 rings (SSSR count). The van der Waals surface area contributed by atoms with Crippen molar-refractivity contribution in [3.05, 3.63) is 47.7 Å². The molecule has 2 aromatic rings. The van der Waals surface area contributed by atoms with Crippen molar-refractivity contribution in [2.45, 2.75) is 19.4 Å². The van der Waals surface area contributed by atoms with Crippen LogP contribution in [-0.4, -0.2) is 79.8 Å². The third-order valence-electron chi connectivity index (χ3n) is 5.08. The Labute approximate surface area is 189 Å². The highest BCUT2D eigenvalue weighted by Gasteiger charge is 2.18. The number of hydrogen-bond donors (Lipinski definition) is 2. The Morgan fingerprint density at radius 3 is 2.52 bits per heavy atom. The summed E-state index contributed by atoms with van der Waals surface area (Å²) in [6.07, 6.45) is 4.65. The van der Waals surface area contributed by atoms with Crippen LogP contribution in [0.15, 0.2) is 47.7 Å². The molecule has 168 valence electrons. The fourth-order valence-electron chi connectivity index (χ4n) is 3.38. The molecule has 1 atom stereocenters. The molecule has 1 aromatic heterocycles. The van der Waals surface area contributed by atoms with Crippen molar-refractivity contribution in [2.75, 3.05) is 57.8 Å². The van der Waals surface area contributed by atoms with E-state index in [0.717, 1.165) is 63.3 Å². The number of piperazine rings is 1. The maximum Gasteiger partial charge on any atom is 0.225 e. The number of guanidine groups is 1. The highest BCUT2D eigenvalue weighted by atomic mass is 35.5. The standard InChI is InChI=1S/C22H32ClN7O/c1-18(31-20-7-5-19(23)6-8-20)17-28-21(24-2)25-11-4-12-29-13-15-30(16-14-29)22-26-9-3-10-27-22/h3,5-10,18H,4,11-17H2,1-2H3,(H2,24,25,28). The van der Waals surface area contributed by atoms with Gasteiger partial charge in [-0.25, -0.2) is 9.97 Å². The summed E-state index contributed by atoms with van der Waals surface area (Å²) < 4.78 is 5.89. The summed E-state index contributed by atoms with van der Waals surface area (Å²) >= 11 is 5.91. The molecule has 0 spiro atoms. The molecule has 2 N–H and O–H groups in total. The number of benzene rings is 1. The van der Waals surface area contributed by atoms with Gasteiger partial charge in [0, 0.05) is 57.2 Å². The van der Waals surface area contributed by atoms with Gasteiger partial charge in [-0.1, -0.05) is 11.6 Å². The predicted molar refractivity (Wildman–Crippen MR) is 126 cm³/mol. The molecular formula is C22H32ClN7O. The normalized spacial score (nSPS) is 16.1. The largest absolute Gasteiger partial charge is 0.489 e. The average molecular weight is 446 g/mol. The number of hydrogen-bond acceptors (Lipinski definition) is 6. The lowest BCUT2D eigenvalue weighted by Gasteiger charge is -2.34. The molecule has 0 amide bonds. The summed E-state index contributed by atoms with van der Waals surface area (Å²) in [6.45, 7) is 8.60. The van der Waals surface area contributed by atoms with Gasteiger partial charge in [-0.2, -0.15) is 0 Å². The van der Waals surface area contributed by atoms with Crippen LogP contribution in [0, 0.1) is 0 Å².